The standard InChI is InChI=1S/C13H18ClN3O2/c1-13(2,3)9-5-8(6-10(14)17-9)12(19)16-7-11(18)15-4/h5-6H,7H2,1-4H3,(H,15,18)(H,16,19). The first-order valence-corrected chi connectivity index (χ1v) is 6.28. The molecule has 0 aliphatic carbocycles. The van der Waals surface area contributed by atoms with Gasteiger partial charge in [0.15, 0.2) is 0 Å². The second-order valence-corrected chi connectivity index (χ2v) is 5.56. The van der Waals surface area contributed by atoms with Crippen molar-refractivity contribution in [3.05, 3.63) is 28.5 Å². The molecule has 0 spiro atoms. The first-order chi connectivity index (χ1) is 8.74. The van der Waals surface area contributed by atoms with E-state index in [1.807, 2.05) is 20.8 Å². The summed E-state index contributed by atoms with van der Waals surface area (Å²) < 4.78 is 0. The highest BCUT2D eigenvalue weighted by atomic mass is 35.5. The molecule has 0 fully saturated rings. The van der Waals surface area contributed by atoms with E-state index in [0.29, 0.717) is 5.56 Å². The van der Waals surface area contributed by atoms with E-state index < -0.39 is 0 Å². The molecule has 0 aliphatic heterocycles. The van der Waals surface area contributed by atoms with Crippen LogP contribution in [-0.4, -0.2) is 30.4 Å². The van der Waals surface area contributed by atoms with Crippen molar-refractivity contribution in [3.63, 3.8) is 0 Å². The Morgan fingerprint density at radius 3 is 2.47 bits per heavy atom. The SMILES string of the molecule is CNC(=O)CNC(=O)c1cc(Cl)nc(C(C)(C)C)c1. The highest BCUT2D eigenvalue weighted by molar-refractivity contribution is 6.29. The molecule has 19 heavy (non-hydrogen) atoms. The Morgan fingerprint density at radius 2 is 1.95 bits per heavy atom. The van der Waals surface area contributed by atoms with E-state index >= 15 is 0 Å². The van der Waals surface area contributed by atoms with Crippen molar-refractivity contribution >= 4 is 23.4 Å². The number of likely N-dealkylation sites (N-methyl/N-ethyl adjacent to an activating group) is 1. The number of pyridine rings is 1. The van der Waals surface area contributed by atoms with Gasteiger partial charge in [-0.25, -0.2) is 4.98 Å². The summed E-state index contributed by atoms with van der Waals surface area (Å²) in [4.78, 5) is 27.2. The molecule has 1 rings (SSSR count). The molecule has 2 N–H and O–H groups in total. The Bertz CT molecular complexity index is 495. The predicted octanol–water partition coefficient (Wildman–Crippen LogP) is 1.51. The number of hydrogen-bond donors (Lipinski definition) is 2. The number of nitrogens with one attached hydrogen (secondary N) is 2. The zero-order chi connectivity index (χ0) is 14.6. The first kappa shape index (κ1) is 15.4. The van der Waals surface area contributed by atoms with Gasteiger partial charge in [-0.1, -0.05) is 32.4 Å². The monoisotopic (exact) mass is 283 g/mol. The largest absolute Gasteiger partial charge is 0.358 e. The normalized spacial score (nSPS) is 11.0. The van der Waals surface area contributed by atoms with E-state index in [1.165, 1.54) is 13.1 Å². The second-order valence-electron chi connectivity index (χ2n) is 5.17. The van der Waals surface area contributed by atoms with E-state index in [-0.39, 0.29) is 28.9 Å². The summed E-state index contributed by atoms with van der Waals surface area (Å²) in [5.74, 6) is -0.608. The molecule has 0 aromatic carbocycles. The smallest absolute Gasteiger partial charge is 0.251 e. The number of carbonyl (C=O) groups excluding carboxylic acids is 2. The molecule has 2 amide bonds. The van der Waals surface area contributed by atoms with Crippen LogP contribution in [0.1, 0.15) is 36.8 Å². The van der Waals surface area contributed by atoms with Crippen LogP contribution < -0.4 is 10.6 Å². The van der Waals surface area contributed by atoms with Gasteiger partial charge in [0.25, 0.3) is 5.91 Å². The number of aromatic nitrogens is 1. The third-order valence-electron chi connectivity index (χ3n) is 2.51. The molecule has 0 atom stereocenters. The summed E-state index contributed by atoms with van der Waals surface area (Å²) >= 11 is 5.92. The fourth-order valence-electron chi connectivity index (χ4n) is 1.36. The maximum absolute atomic E-state index is 11.9. The summed E-state index contributed by atoms with van der Waals surface area (Å²) in [5, 5.41) is 5.21. The highest BCUT2D eigenvalue weighted by Crippen LogP contribution is 2.23. The lowest BCUT2D eigenvalue weighted by molar-refractivity contribution is -0.119. The van der Waals surface area contributed by atoms with E-state index in [0.717, 1.165) is 5.69 Å². The number of carbonyl (C=O) groups is 2. The maximum atomic E-state index is 11.9. The van der Waals surface area contributed by atoms with Gasteiger partial charge in [0.1, 0.15) is 5.15 Å². The first-order valence-electron chi connectivity index (χ1n) is 5.91. The van der Waals surface area contributed by atoms with E-state index in [9.17, 15) is 9.59 Å². The molecule has 1 aromatic heterocycles. The molecule has 1 heterocycles. The van der Waals surface area contributed by atoms with Crippen molar-refractivity contribution in [3.8, 4) is 0 Å². The molecule has 0 radical (unpaired) electrons. The van der Waals surface area contributed by atoms with E-state index in [2.05, 4.69) is 15.6 Å². The minimum absolute atomic E-state index is 0.0693. The molecule has 0 aliphatic rings. The molecular weight excluding hydrogens is 266 g/mol. The van der Waals surface area contributed by atoms with Crippen LogP contribution >= 0.6 is 11.6 Å². The number of amides is 2. The van der Waals surface area contributed by atoms with Crippen molar-refractivity contribution in [1.82, 2.24) is 15.6 Å². The Hall–Kier alpha value is -1.62. The third kappa shape index (κ3) is 4.52. The molecular formula is C13H18ClN3O2. The van der Waals surface area contributed by atoms with Crippen LogP contribution in [0.2, 0.25) is 5.15 Å². The van der Waals surface area contributed by atoms with Gasteiger partial charge in [0, 0.05) is 23.7 Å². The van der Waals surface area contributed by atoms with Crippen LogP contribution in [0.5, 0.6) is 0 Å². The average Bonchev–Trinajstić information content (AvgIpc) is 2.33. The molecule has 104 valence electrons. The second kappa shape index (κ2) is 6.02. The lowest BCUT2D eigenvalue weighted by atomic mass is 9.91. The number of hydrogen-bond acceptors (Lipinski definition) is 3. The Morgan fingerprint density at radius 1 is 1.32 bits per heavy atom. The van der Waals surface area contributed by atoms with E-state index in [4.69, 9.17) is 11.6 Å². The Kier molecular flexibility index (Phi) is 4.89. The third-order valence-corrected chi connectivity index (χ3v) is 2.71. The van der Waals surface area contributed by atoms with Crippen molar-refractivity contribution in [1.29, 1.82) is 0 Å². The summed E-state index contributed by atoms with van der Waals surface area (Å²) in [7, 11) is 1.51. The van der Waals surface area contributed by atoms with Crippen LogP contribution in [0.15, 0.2) is 12.1 Å². The van der Waals surface area contributed by atoms with Gasteiger partial charge in [-0.15, -0.1) is 0 Å². The summed E-state index contributed by atoms with van der Waals surface area (Å²) in [6.45, 7) is 5.88. The zero-order valence-corrected chi connectivity index (χ0v) is 12.3. The van der Waals surface area contributed by atoms with Crippen molar-refractivity contribution in [2.45, 2.75) is 26.2 Å². The highest BCUT2D eigenvalue weighted by Gasteiger charge is 2.19. The van der Waals surface area contributed by atoms with Gasteiger partial charge in [-0.05, 0) is 12.1 Å². The summed E-state index contributed by atoms with van der Waals surface area (Å²) in [6, 6.07) is 3.17. The molecule has 0 unspecified atom stereocenters. The molecule has 5 nitrogen and oxygen atoms in total. The lowest BCUT2D eigenvalue weighted by Crippen LogP contribution is -2.35. The summed E-state index contributed by atoms with van der Waals surface area (Å²) in [5.41, 5.74) is 0.916. The fourth-order valence-corrected chi connectivity index (χ4v) is 1.57. The van der Waals surface area contributed by atoms with Crippen LogP contribution in [-0.2, 0) is 10.2 Å². The van der Waals surface area contributed by atoms with Crippen molar-refractivity contribution < 1.29 is 9.59 Å². The van der Waals surface area contributed by atoms with Crippen molar-refractivity contribution in [2.24, 2.45) is 0 Å². The van der Waals surface area contributed by atoms with Crippen LogP contribution in [0, 0.1) is 0 Å². The van der Waals surface area contributed by atoms with Gasteiger partial charge in [0.2, 0.25) is 5.91 Å². The van der Waals surface area contributed by atoms with Gasteiger partial charge in [-0.2, -0.15) is 0 Å². The van der Waals surface area contributed by atoms with Gasteiger partial charge < -0.3 is 10.6 Å². The predicted molar refractivity (Wildman–Crippen MR) is 74.3 cm³/mol. The van der Waals surface area contributed by atoms with Gasteiger partial charge >= 0.3 is 0 Å². The van der Waals surface area contributed by atoms with Crippen LogP contribution in [0.25, 0.3) is 0 Å². The topological polar surface area (TPSA) is 71.1 Å². The van der Waals surface area contributed by atoms with Crippen molar-refractivity contribution in [2.75, 3.05) is 13.6 Å². The minimum atomic E-state index is -0.349. The maximum Gasteiger partial charge on any atom is 0.251 e. The van der Waals surface area contributed by atoms with E-state index in [1.54, 1.807) is 6.07 Å². The Labute approximate surface area is 117 Å². The average molecular weight is 284 g/mol. The summed E-state index contributed by atoms with van der Waals surface area (Å²) in [6.07, 6.45) is 0. The number of nitrogens with zero attached hydrogens (tertiary/aromatic N) is 1. The molecule has 0 saturated heterocycles. The zero-order valence-electron chi connectivity index (χ0n) is 11.5. The molecule has 0 saturated carbocycles. The van der Waals surface area contributed by atoms with Gasteiger partial charge in [0.05, 0.1) is 6.54 Å². The van der Waals surface area contributed by atoms with Gasteiger partial charge in [-0.3, -0.25) is 9.59 Å². The number of rotatable bonds is 3. The molecule has 6 heteroatoms. The number of halogens is 1. The lowest BCUT2D eigenvalue weighted by Gasteiger charge is -2.18. The minimum Gasteiger partial charge on any atom is -0.358 e. The molecule has 0 bridgehead atoms. The quantitative estimate of drug-likeness (QED) is 0.826. The Balaban J connectivity index is 2.92. The van der Waals surface area contributed by atoms with Crippen LogP contribution in [0.3, 0.4) is 0 Å². The molecule has 1 aromatic rings. The van der Waals surface area contributed by atoms with Crippen LogP contribution in [0.4, 0.5) is 0 Å². The fraction of sp³-hybridized carbons (Fsp3) is 0.462.